The highest BCUT2D eigenvalue weighted by Crippen LogP contribution is 2.57. The number of ketones is 2. The van der Waals surface area contributed by atoms with Crippen molar-refractivity contribution in [1.29, 1.82) is 0 Å². The normalized spacial score (nSPS) is 20.6. The van der Waals surface area contributed by atoms with Gasteiger partial charge in [0, 0.05) is 11.1 Å². The fraction of sp³-hybridized carbons (Fsp3) is 0.368. The van der Waals surface area contributed by atoms with Gasteiger partial charge in [-0.15, -0.1) is 0 Å². The van der Waals surface area contributed by atoms with E-state index in [2.05, 4.69) is 6.07 Å². The average molecular weight is 292 g/mol. The molecule has 1 spiro atoms. The van der Waals surface area contributed by atoms with Gasteiger partial charge < -0.3 is 4.42 Å². The highest BCUT2D eigenvalue weighted by atomic mass is 16.3. The number of rotatable bonds is 0. The summed E-state index contributed by atoms with van der Waals surface area (Å²) in [6, 6.07) is 4.16. The average Bonchev–Trinajstić information content (AvgIpc) is 3.18. The molecule has 1 aromatic carbocycles. The Morgan fingerprint density at radius 2 is 1.82 bits per heavy atom. The molecule has 0 amide bonds. The van der Waals surface area contributed by atoms with Crippen molar-refractivity contribution in [1.82, 2.24) is 0 Å². The van der Waals surface area contributed by atoms with Crippen LogP contribution in [-0.4, -0.2) is 11.6 Å². The molecule has 1 fully saturated rings. The molecular formula is C19H16O3. The Kier molecular flexibility index (Phi) is 2.13. The van der Waals surface area contributed by atoms with Crippen LogP contribution in [0.3, 0.4) is 0 Å². The van der Waals surface area contributed by atoms with E-state index in [1.807, 2.05) is 13.0 Å². The van der Waals surface area contributed by atoms with E-state index in [0.29, 0.717) is 22.3 Å². The van der Waals surface area contributed by atoms with Gasteiger partial charge in [0.1, 0.15) is 5.76 Å². The summed E-state index contributed by atoms with van der Waals surface area (Å²) < 4.78 is 5.62. The van der Waals surface area contributed by atoms with E-state index < -0.39 is 5.78 Å². The molecule has 0 saturated heterocycles. The maximum absolute atomic E-state index is 12.7. The number of Topliss-reactive ketones (excluding diaryl/α,β-unsaturated/α-hetero) is 2. The second kappa shape index (κ2) is 3.78. The van der Waals surface area contributed by atoms with Crippen molar-refractivity contribution in [2.24, 2.45) is 0 Å². The topological polar surface area (TPSA) is 47.3 Å². The zero-order valence-electron chi connectivity index (χ0n) is 12.5. The summed E-state index contributed by atoms with van der Waals surface area (Å²) in [4.78, 5) is 25.3. The first kappa shape index (κ1) is 12.4. The number of hydrogen-bond acceptors (Lipinski definition) is 3. The molecule has 5 rings (SSSR count). The Hall–Kier alpha value is -2.16. The molecule has 0 bridgehead atoms. The predicted molar refractivity (Wildman–Crippen MR) is 81.4 cm³/mol. The monoisotopic (exact) mass is 292 g/mol. The third-order valence-electron chi connectivity index (χ3n) is 5.70. The molecule has 2 aromatic rings. The summed E-state index contributed by atoms with van der Waals surface area (Å²) in [5, 5.41) is 0. The first-order valence-electron chi connectivity index (χ1n) is 7.96. The number of furan rings is 1. The lowest BCUT2D eigenvalue weighted by atomic mass is 9.74. The lowest BCUT2D eigenvalue weighted by Crippen LogP contribution is -2.26. The van der Waals surface area contributed by atoms with Crippen LogP contribution in [0.25, 0.3) is 11.3 Å². The summed E-state index contributed by atoms with van der Waals surface area (Å²) in [5.74, 6) is -0.172. The molecule has 1 aromatic heterocycles. The predicted octanol–water partition coefficient (Wildman–Crippen LogP) is 4.00. The maximum atomic E-state index is 12.7. The lowest BCUT2D eigenvalue weighted by molar-refractivity contribution is 0.0813. The number of benzene rings is 1. The van der Waals surface area contributed by atoms with Crippen molar-refractivity contribution in [3.63, 3.8) is 0 Å². The molecule has 0 atom stereocenters. The molecule has 1 heterocycles. The van der Waals surface area contributed by atoms with Crippen molar-refractivity contribution >= 4 is 11.6 Å². The molecule has 3 aliphatic rings. The van der Waals surface area contributed by atoms with Crippen LogP contribution in [0.5, 0.6) is 0 Å². The van der Waals surface area contributed by atoms with Crippen LogP contribution < -0.4 is 0 Å². The largest absolute Gasteiger partial charge is 0.463 e. The summed E-state index contributed by atoms with van der Waals surface area (Å²) in [7, 11) is 0. The van der Waals surface area contributed by atoms with E-state index in [-0.39, 0.29) is 5.78 Å². The van der Waals surface area contributed by atoms with E-state index in [9.17, 15) is 9.59 Å². The highest BCUT2D eigenvalue weighted by molar-refractivity contribution is 6.53. The van der Waals surface area contributed by atoms with Gasteiger partial charge in [-0.1, -0.05) is 12.1 Å². The Balaban J connectivity index is 1.85. The molecule has 22 heavy (non-hydrogen) atoms. The summed E-state index contributed by atoms with van der Waals surface area (Å²) >= 11 is 0. The number of fused-ring (bicyclic) bond motifs is 6. The third kappa shape index (κ3) is 1.32. The fourth-order valence-electron chi connectivity index (χ4n) is 4.41. The van der Waals surface area contributed by atoms with Gasteiger partial charge in [-0.2, -0.15) is 0 Å². The van der Waals surface area contributed by atoms with E-state index in [1.165, 1.54) is 24.8 Å². The first-order valence-corrected chi connectivity index (χ1v) is 7.96. The third-order valence-corrected chi connectivity index (χ3v) is 5.70. The minimum atomic E-state index is -0.405. The van der Waals surface area contributed by atoms with Gasteiger partial charge in [-0.25, -0.2) is 0 Å². The number of carbonyl (C=O) groups excluding carboxylic acids is 2. The second-order valence-corrected chi connectivity index (χ2v) is 6.93. The summed E-state index contributed by atoms with van der Waals surface area (Å²) in [6.45, 7) is 1.82. The maximum Gasteiger partial charge on any atom is 0.237 e. The van der Waals surface area contributed by atoms with Crippen molar-refractivity contribution in [3.8, 4) is 11.3 Å². The number of carbonyl (C=O) groups is 2. The van der Waals surface area contributed by atoms with Crippen LogP contribution in [0.1, 0.15) is 63.1 Å². The first-order chi connectivity index (χ1) is 10.6. The Bertz CT molecular complexity index is 865. The Labute approximate surface area is 128 Å². The van der Waals surface area contributed by atoms with Crippen LogP contribution in [0, 0.1) is 6.92 Å². The SMILES string of the molecule is Cc1coc2c1C(=O)C(=O)c1c-2ccc2c1CCCC21CC1. The Morgan fingerprint density at radius 1 is 1.05 bits per heavy atom. The molecule has 0 radical (unpaired) electrons. The van der Waals surface area contributed by atoms with E-state index >= 15 is 0 Å². The molecule has 3 aliphatic carbocycles. The second-order valence-electron chi connectivity index (χ2n) is 6.93. The van der Waals surface area contributed by atoms with Crippen molar-refractivity contribution < 1.29 is 14.0 Å². The molecule has 1 saturated carbocycles. The van der Waals surface area contributed by atoms with Gasteiger partial charge in [0.25, 0.3) is 0 Å². The van der Waals surface area contributed by atoms with Gasteiger partial charge in [0.15, 0.2) is 0 Å². The van der Waals surface area contributed by atoms with Gasteiger partial charge in [-0.3, -0.25) is 9.59 Å². The van der Waals surface area contributed by atoms with E-state index in [4.69, 9.17) is 4.42 Å². The molecule has 110 valence electrons. The van der Waals surface area contributed by atoms with E-state index in [0.717, 1.165) is 29.5 Å². The summed E-state index contributed by atoms with van der Waals surface area (Å²) in [6.07, 6.45) is 7.22. The van der Waals surface area contributed by atoms with Gasteiger partial charge in [0.2, 0.25) is 11.6 Å². The van der Waals surface area contributed by atoms with Crippen LogP contribution in [0.15, 0.2) is 22.8 Å². The van der Waals surface area contributed by atoms with Crippen LogP contribution in [-0.2, 0) is 11.8 Å². The zero-order chi connectivity index (χ0) is 15.1. The zero-order valence-corrected chi connectivity index (χ0v) is 12.5. The van der Waals surface area contributed by atoms with Gasteiger partial charge in [0.05, 0.1) is 11.8 Å². The molecule has 0 aliphatic heterocycles. The fourth-order valence-corrected chi connectivity index (χ4v) is 4.41. The Morgan fingerprint density at radius 3 is 2.59 bits per heavy atom. The highest BCUT2D eigenvalue weighted by Gasteiger charge is 2.48. The quantitative estimate of drug-likeness (QED) is 0.689. The standard InChI is InChI=1S/C19H16O3/c1-10-9-22-18-12-4-5-13-11(3-2-6-19(13)7-8-19)15(12)17(21)16(20)14(10)18/h4-5,9H,2-3,6-8H2,1H3. The van der Waals surface area contributed by atoms with Crippen LogP contribution in [0.4, 0.5) is 0 Å². The number of hydrogen-bond donors (Lipinski definition) is 0. The molecule has 0 unspecified atom stereocenters. The van der Waals surface area contributed by atoms with Crippen molar-refractivity contribution in [2.45, 2.75) is 44.4 Å². The smallest absolute Gasteiger partial charge is 0.237 e. The lowest BCUT2D eigenvalue weighted by Gasteiger charge is -2.29. The molecule has 0 N–H and O–H groups in total. The minimum absolute atomic E-state index is 0.297. The van der Waals surface area contributed by atoms with Crippen LogP contribution >= 0.6 is 0 Å². The van der Waals surface area contributed by atoms with Gasteiger partial charge >= 0.3 is 0 Å². The minimum Gasteiger partial charge on any atom is -0.463 e. The number of aryl methyl sites for hydroxylation is 1. The molecule has 3 heteroatoms. The van der Waals surface area contributed by atoms with Crippen molar-refractivity contribution in [3.05, 3.63) is 46.2 Å². The molecular weight excluding hydrogens is 276 g/mol. The molecule has 3 nitrogen and oxygen atoms in total. The summed E-state index contributed by atoms with van der Waals surface area (Å²) in [5.41, 5.74) is 5.35. The van der Waals surface area contributed by atoms with Gasteiger partial charge in [-0.05, 0) is 61.1 Å². The van der Waals surface area contributed by atoms with Crippen LogP contribution in [0.2, 0.25) is 0 Å². The van der Waals surface area contributed by atoms with E-state index in [1.54, 1.807) is 6.26 Å². The van der Waals surface area contributed by atoms with Crippen molar-refractivity contribution in [2.75, 3.05) is 0 Å².